The monoisotopic (exact) mass is 244 g/mol. The smallest absolute Gasteiger partial charge is 0.275 e. The molecule has 2 rings (SSSR count). The Bertz CT molecular complexity index is 594. The van der Waals surface area contributed by atoms with Crippen LogP contribution in [0.5, 0.6) is 0 Å². The third-order valence-corrected chi connectivity index (χ3v) is 2.20. The zero-order valence-corrected chi connectivity index (χ0v) is 9.60. The van der Waals surface area contributed by atoms with Crippen LogP contribution in [-0.2, 0) is 0 Å². The first-order valence-corrected chi connectivity index (χ1v) is 5.21. The second-order valence-corrected chi connectivity index (χ2v) is 3.46. The van der Waals surface area contributed by atoms with Gasteiger partial charge in [0, 0.05) is 6.20 Å². The number of anilines is 1. The van der Waals surface area contributed by atoms with Gasteiger partial charge in [-0.25, -0.2) is 20.2 Å². The first-order chi connectivity index (χ1) is 8.72. The fraction of sp³-hybridized carbons (Fsp3) is 0.0909. The number of pyridine rings is 1. The highest BCUT2D eigenvalue weighted by molar-refractivity contribution is 5.30. The quantitative estimate of drug-likeness (QED) is 0.458. The van der Waals surface area contributed by atoms with E-state index in [1.54, 1.807) is 30.6 Å². The van der Waals surface area contributed by atoms with Gasteiger partial charge in [-0.1, -0.05) is 6.08 Å². The van der Waals surface area contributed by atoms with Gasteiger partial charge >= 0.3 is 5.69 Å². The van der Waals surface area contributed by atoms with Crippen molar-refractivity contribution in [2.75, 3.05) is 11.6 Å². The van der Waals surface area contributed by atoms with E-state index in [1.165, 1.54) is 15.9 Å². The van der Waals surface area contributed by atoms with Gasteiger partial charge in [0.15, 0.2) is 0 Å². The molecule has 0 saturated carbocycles. The summed E-state index contributed by atoms with van der Waals surface area (Å²) >= 11 is 0. The molecule has 2 heterocycles. The van der Waals surface area contributed by atoms with E-state index in [2.05, 4.69) is 21.5 Å². The lowest BCUT2D eigenvalue weighted by atomic mass is 10.4. The third kappa shape index (κ3) is 2.41. The van der Waals surface area contributed by atoms with Crippen LogP contribution >= 0.6 is 0 Å². The molecule has 18 heavy (non-hydrogen) atoms. The standard InChI is InChI=1S/C11H12N6O/c1-2-6-17(12)10-14-8-16(11(18)15-10)9-4-3-5-13-7-9/h2-5,7-8H,1,6,12H2. The summed E-state index contributed by atoms with van der Waals surface area (Å²) in [7, 11) is 0. The fourth-order valence-electron chi connectivity index (χ4n) is 1.36. The van der Waals surface area contributed by atoms with Crippen molar-refractivity contribution in [1.29, 1.82) is 0 Å². The van der Waals surface area contributed by atoms with Crippen LogP contribution < -0.4 is 16.5 Å². The minimum absolute atomic E-state index is 0.153. The summed E-state index contributed by atoms with van der Waals surface area (Å²) < 4.78 is 1.29. The maximum atomic E-state index is 11.8. The maximum Gasteiger partial charge on any atom is 0.356 e. The van der Waals surface area contributed by atoms with Gasteiger partial charge in [0.25, 0.3) is 0 Å². The average Bonchev–Trinajstić information content (AvgIpc) is 2.40. The molecule has 0 aliphatic carbocycles. The summed E-state index contributed by atoms with van der Waals surface area (Å²) in [5.74, 6) is 5.79. The third-order valence-electron chi connectivity index (χ3n) is 2.20. The Hall–Kier alpha value is -2.54. The van der Waals surface area contributed by atoms with Gasteiger partial charge in [-0.05, 0) is 12.1 Å². The zero-order chi connectivity index (χ0) is 13.0. The molecular formula is C11H12N6O. The van der Waals surface area contributed by atoms with Crippen molar-refractivity contribution in [3.8, 4) is 5.69 Å². The Morgan fingerprint density at radius 2 is 2.39 bits per heavy atom. The van der Waals surface area contributed by atoms with Crippen LogP contribution in [0.1, 0.15) is 0 Å². The molecule has 2 N–H and O–H groups in total. The second kappa shape index (κ2) is 5.19. The van der Waals surface area contributed by atoms with Gasteiger partial charge in [-0.2, -0.15) is 4.98 Å². The number of rotatable bonds is 4. The lowest BCUT2D eigenvalue weighted by molar-refractivity contribution is 0.798. The minimum Gasteiger partial charge on any atom is -0.275 e. The van der Waals surface area contributed by atoms with Crippen LogP contribution in [0.3, 0.4) is 0 Å². The molecule has 0 radical (unpaired) electrons. The molecule has 0 fully saturated rings. The summed E-state index contributed by atoms with van der Waals surface area (Å²) in [5, 5.41) is 1.24. The van der Waals surface area contributed by atoms with Gasteiger partial charge < -0.3 is 0 Å². The predicted molar refractivity (Wildman–Crippen MR) is 67.2 cm³/mol. The summed E-state index contributed by atoms with van der Waals surface area (Å²) in [6.07, 6.45) is 6.13. The molecule has 0 atom stereocenters. The molecule has 7 nitrogen and oxygen atoms in total. The Morgan fingerprint density at radius 3 is 3.00 bits per heavy atom. The van der Waals surface area contributed by atoms with Crippen LogP contribution in [0.15, 0.2) is 48.3 Å². The van der Waals surface area contributed by atoms with Gasteiger partial charge in [0.2, 0.25) is 5.95 Å². The molecule has 2 aromatic rings. The van der Waals surface area contributed by atoms with Crippen LogP contribution in [0.2, 0.25) is 0 Å². The van der Waals surface area contributed by atoms with E-state index in [0.29, 0.717) is 12.2 Å². The highest BCUT2D eigenvalue weighted by Crippen LogP contribution is 2.02. The van der Waals surface area contributed by atoms with Gasteiger partial charge in [0.05, 0.1) is 18.4 Å². The molecule has 0 aliphatic heterocycles. The van der Waals surface area contributed by atoms with Crippen molar-refractivity contribution in [3.05, 3.63) is 54.0 Å². The largest absolute Gasteiger partial charge is 0.356 e. The van der Waals surface area contributed by atoms with Crippen LogP contribution in [-0.4, -0.2) is 26.1 Å². The SMILES string of the molecule is C=CCN(N)c1ncn(-c2cccnc2)c(=O)n1. The Balaban J connectivity index is 2.37. The Labute approximate surface area is 103 Å². The first kappa shape index (κ1) is 11.9. The van der Waals surface area contributed by atoms with E-state index in [1.807, 2.05) is 0 Å². The molecule has 0 aromatic carbocycles. The highest BCUT2D eigenvalue weighted by atomic mass is 16.1. The van der Waals surface area contributed by atoms with Gasteiger partial charge in [-0.3, -0.25) is 9.99 Å². The fourth-order valence-corrected chi connectivity index (χ4v) is 1.36. The van der Waals surface area contributed by atoms with Gasteiger partial charge in [-0.15, -0.1) is 6.58 Å². The second-order valence-electron chi connectivity index (χ2n) is 3.46. The number of nitrogens with zero attached hydrogens (tertiary/aromatic N) is 5. The van der Waals surface area contributed by atoms with Crippen molar-refractivity contribution in [2.45, 2.75) is 0 Å². The lowest BCUT2D eigenvalue weighted by Gasteiger charge is -2.13. The van der Waals surface area contributed by atoms with Crippen molar-refractivity contribution >= 4 is 5.95 Å². The lowest BCUT2D eigenvalue weighted by Crippen LogP contribution is -2.35. The number of hydrazine groups is 1. The molecule has 0 aliphatic rings. The molecule has 92 valence electrons. The molecule has 0 bridgehead atoms. The molecule has 2 aromatic heterocycles. The van der Waals surface area contributed by atoms with Crippen LogP contribution in [0.4, 0.5) is 5.95 Å². The average molecular weight is 244 g/mol. The molecule has 0 unspecified atom stereocenters. The minimum atomic E-state index is -0.465. The van der Waals surface area contributed by atoms with E-state index in [0.717, 1.165) is 0 Å². The normalized spacial score (nSPS) is 10.1. The van der Waals surface area contributed by atoms with Crippen molar-refractivity contribution in [2.24, 2.45) is 5.84 Å². The number of hydrogen-bond donors (Lipinski definition) is 1. The van der Waals surface area contributed by atoms with Crippen LogP contribution in [0.25, 0.3) is 5.69 Å². The maximum absolute atomic E-state index is 11.8. The number of aromatic nitrogens is 4. The highest BCUT2D eigenvalue weighted by Gasteiger charge is 2.07. The van der Waals surface area contributed by atoms with E-state index in [-0.39, 0.29) is 5.95 Å². The molecular weight excluding hydrogens is 232 g/mol. The topological polar surface area (TPSA) is 89.9 Å². The Morgan fingerprint density at radius 1 is 1.56 bits per heavy atom. The molecule has 7 heteroatoms. The van der Waals surface area contributed by atoms with Gasteiger partial charge in [0.1, 0.15) is 6.33 Å². The molecule has 0 saturated heterocycles. The van der Waals surface area contributed by atoms with E-state index >= 15 is 0 Å². The van der Waals surface area contributed by atoms with Crippen molar-refractivity contribution in [1.82, 2.24) is 19.5 Å². The number of hydrogen-bond acceptors (Lipinski definition) is 6. The van der Waals surface area contributed by atoms with Crippen molar-refractivity contribution < 1.29 is 0 Å². The molecule has 0 spiro atoms. The van der Waals surface area contributed by atoms with E-state index in [4.69, 9.17) is 5.84 Å². The summed E-state index contributed by atoms with van der Waals surface area (Å²) in [6, 6.07) is 3.46. The van der Waals surface area contributed by atoms with E-state index in [9.17, 15) is 4.79 Å². The predicted octanol–water partition coefficient (Wildman–Crippen LogP) is -0.111. The summed E-state index contributed by atoms with van der Waals surface area (Å²) in [4.78, 5) is 23.6. The van der Waals surface area contributed by atoms with E-state index < -0.39 is 5.69 Å². The van der Waals surface area contributed by atoms with Crippen LogP contribution in [0, 0.1) is 0 Å². The first-order valence-electron chi connectivity index (χ1n) is 5.21. The zero-order valence-electron chi connectivity index (χ0n) is 9.60. The summed E-state index contributed by atoms with van der Waals surface area (Å²) in [6.45, 7) is 3.90. The molecule has 0 amide bonds. The Kier molecular flexibility index (Phi) is 3.44. The van der Waals surface area contributed by atoms with Crippen molar-refractivity contribution in [3.63, 3.8) is 0 Å². The number of nitrogens with two attached hydrogens (primary N) is 1. The summed E-state index contributed by atoms with van der Waals surface area (Å²) in [5.41, 5.74) is 0.133.